The van der Waals surface area contributed by atoms with Crippen LogP contribution in [0.5, 0.6) is 0 Å². The number of aromatic nitrogens is 1. The molecule has 3 nitrogen and oxygen atoms in total. The Morgan fingerprint density at radius 2 is 2.00 bits per heavy atom. The van der Waals surface area contributed by atoms with Crippen molar-refractivity contribution >= 4 is 34.0 Å². The van der Waals surface area contributed by atoms with Gasteiger partial charge in [-0.2, -0.15) is 0 Å². The number of nitrogens with one attached hydrogen (secondary N) is 1. The van der Waals surface area contributed by atoms with E-state index in [1.165, 1.54) is 18.2 Å². The fourth-order valence-electron chi connectivity index (χ4n) is 2.11. The van der Waals surface area contributed by atoms with Gasteiger partial charge in [0.1, 0.15) is 5.82 Å². The number of ketones is 1. The fraction of sp³-hybridized carbons (Fsp3) is 0. The van der Waals surface area contributed by atoms with Gasteiger partial charge >= 0.3 is 0 Å². The SMILES string of the molecule is Nc1ccc(C(=O)c2c[nH]c3cc(F)ccc23)cc1Cl. The van der Waals surface area contributed by atoms with Gasteiger partial charge in [-0.3, -0.25) is 4.79 Å². The second-order valence-corrected chi connectivity index (χ2v) is 4.86. The first-order valence-corrected chi connectivity index (χ1v) is 6.30. The molecule has 3 rings (SSSR count). The predicted molar refractivity (Wildman–Crippen MR) is 77.6 cm³/mol. The van der Waals surface area contributed by atoms with Crippen LogP contribution in [0.2, 0.25) is 5.02 Å². The van der Waals surface area contributed by atoms with Crippen molar-refractivity contribution in [2.45, 2.75) is 0 Å². The zero-order valence-corrected chi connectivity index (χ0v) is 11.0. The van der Waals surface area contributed by atoms with Crippen LogP contribution in [0.4, 0.5) is 10.1 Å². The van der Waals surface area contributed by atoms with Gasteiger partial charge in [0.05, 0.1) is 10.7 Å². The Morgan fingerprint density at radius 3 is 2.75 bits per heavy atom. The second-order valence-electron chi connectivity index (χ2n) is 4.46. The van der Waals surface area contributed by atoms with Crippen molar-refractivity contribution in [1.82, 2.24) is 4.98 Å². The lowest BCUT2D eigenvalue weighted by Gasteiger charge is -2.03. The summed E-state index contributed by atoms with van der Waals surface area (Å²) in [7, 11) is 0. The van der Waals surface area contributed by atoms with E-state index in [-0.39, 0.29) is 11.6 Å². The van der Waals surface area contributed by atoms with Gasteiger partial charge in [0.2, 0.25) is 0 Å². The van der Waals surface area contributed by atoms with Crippen LogP contribution in [0.15, 0.2) is 42.6 Å². The fourth-order valence-corrected chi connectivity index (χ4v) is 2.29. The largest absolute Gasteiger partial charge is 0.398 e. The van der Waals surface area contributed by atoms with E-state index < -0.39 is 0 Å². The van der Waals surface area contributed by atoms with Crippen LogP contribution >= 0.6 is 11.6 Å². The molecule has 0 amide bonds. The molecule has 0 aliphatic carbocycles. The number of rotatable bonds is 2. The number of hydrogen-bond acceptors (Lipinski definition) is 2. The summed E-state index contributed by atoms with van der Waals surface area (Å²) >= 11 is 5.92. The molecule has 0 fully saturated rings. The Bertz CT molecular complexity index is 826. The molecule has 0 aliphatic heterocycles. The number of nitrogen functional groups attached to an aromatic ring is 1. The van der Waals surface area contributed by atoms with Crippen molar-refractivity contribution in [2.75, 3.05) is 5.73 Å². The van der Waals surface area contributed by atoms with Crippen LogP contribution in [0.3, 0.4) is 0 Å². The van der Waals surface area contributed by atoms with E-state index in [9.17, 15) is 9.18 Å². The summed E-state index contributed by atoms with van der Waals surface area (Å²) in [6.07, 6.45) is 1.57. The summed E-state index contributed by atoms with van der Waals surface area (Å²) in [4.78, 5) is 15.3. The molecule has 1 heterocycles. The van der Waals surface area contributed by atoms with Crippen LogP contribution in [0, 0.1) is 5.82 Å². The summed E-state index contributed by atoms with van der Waals surface area (Å²) < 4.78 is 13.1. The second kappa shape index (κ2) is 4.65. The molecular formula is C15H10ClFN2O. The Labute approximate surface area is 119 Å². The van der Waals surface area contributed by atoms with Gasteiger partial charge in [-0.25, -0.2) is 4.39 Å². The molecule has 5 heteroatoms. The molecule has 100 valence electrons. The van der Waals surface area contributed by atoms with Gasteiger partial charge in [0.25, 0.3) is 0 Å². The summed E-state index contributed by atoms with van der Waals surface area (Å²) in [5, 5.41) is 1.01. The normalized spacial score (nSPS) is 10.9. The molecule has 2 aromatic carbocycles. The topological polar surface area (TPSA) is 58.9 Å². The monoisotopic (exact) mass is 288 g/mol. The summed E-state index contributed by atoms with van der Waals surface area (Å²) in [5.74, 6) is -0.543. The Kier molecular flexibility index (Phi) is 2.95. The maximum Gasteiger partial charge on any atom is 0.195 e. The van der Waals surface area contributed by atoms with Gasteiger partial charge in [0.15, 0.2) is 5.78 Å². The number of carbonyl (C=O) groups is 1. The number of benzene rings is 2. The molecule has 0 atom stereocenters. The molecule has 3 aromatic rings. The highest BCUT2D eigenvalue weighted by Crippen LogP contribution is 2.25. The lowest BCUT2D eigenvalue weighted by atomic mass is 10.0. The highest BCUT2D eigenvalue weighted by atomic mass is 35.5. The molecule has 0 aliphatic rings. The summed E-state index contributed by atoms with van der Waals surface area (Å²) in [6.45, 7) is 0. The molecular weight excluding hydrogens is 279 g/mol. The highest BCUT2D eigenvalue weighted by molar-refractivity contribution is 6.33. The summed E-state index contributed by atoms with van der Waals surface area (Å²) in [5.41, 5.74) is 7.54. The molecule has 0 saturated heterocycles. The highest BCUT2D eigenvalue weighted by Gasteiger charge is 2.15. The number of carbonyl (C=O) groups excluding carboxylic acids is 1. The van der Waals surface area contributed by atoms with Crippen LogP contribution in [-0.2, 0) is 0 Å². The predicted octanol–water partition coefficient (Wildman–Crippen LogP) is 3.77. The summed E-state index contributed by atoms with van der Waals surface area (Å²) in [6, 6.07) is 8.98. The third kappa shape index (κ3) is 2.04. The maximum absolute atomic E-state index is 13.1. The minimum Gasteiger partial charge on any atom is -0.398 e. The van der Waals surface area contributed by atoms with E-state index in [1.807, 2.05) is 0 Å². The first-order valence-electron chi connectivity index (χ1n) is 5.92. The quantitative estimate of drug-likeness (QED) is 0.557. The molecule has 0 unspecified atom stereocenters. The van der Waals surface area contributed by atoms with Crippen LogP contribution in [0.25, 0.3) is 10.9 Å². The molecule has 3 N–H and O–H groups in total. The number of H-pyrrole nitrogens is 1. The van der Waals surface area contributed by atoms with E-state index in [1.54, 1.807) is 24.4 Å². The molecule has 20 heavy (non-hydrogen) atoms. The number of fused-ring (bicyclic) bond motifs is 1. The third-order valence-corrected chi connectivity index (χ3v) is 3.48. The lowest BCUT2D eigenvalue weighted by Crippen LogP contribution is -2.01. The standard InChI is InChI=1S/C15H10ClFN2O/c16-12-5-8(1-4-13(12)18)15(20)11-7-19-14-6-9(17)2-3-10(11)14/h1-7,19H,18H2. The van der Waals surface area contributed by atoms with Gasteiger partial charge < -0.3 is 10.7 Å². The van der Waals surface area contributed by atoms with Gasteiger partial charge in [0, 0.05) is 28.2 Å². The average molecular weight is 289 g/mol. The number of hydrogen-bond donors (Lipinski definition) is 2. The number of anilines is 1. The zero-order valence-electron chi connectivity index (χ0n) is 10.3. The molecule has 1 aromatic heterocycles. The average Bonchev–Trinajstić information content (AvgIpc) is 2.84. The van der Waals surface area contributed by atoms with Crippen molar-refractivity contribution in [2.24, 2.45) is 0 Å². The van der Waals surface area contributed by atoms with Crippen LogP contribution in [-0.4, -0.2) is 10.8 Å². The van der Waals surface area contributed by atoms with Crippen molar-refractivity contribution in [3.05, 3.63) is 64.6 Å². The zero-order chi connectivity index (χ0) is 14.3. The molecule has 0 bridgehead atoms. The minimum absolute atomic E-state index is 0.190. The van der Waals surface area contributed by atoms with E-state index >= 15 is 0 Å². The van der Waals surface area contributed by atoms with Crippen LogP contribution < -0.4 is 5.73 Å². The molecule has 0 spiro atoms. The number of aromatic amines is 1. The Balaban J connectivity index is 2.10. The lowest BCUT2D eigenvalue weighted by molar-refractivity contribution is 0.104. The van der Waals surface area contributed by atoms with Crippen molar-refractivity contribution in [1.29, 1.82) is 0 Å². The third-order valence-electron chi connectivity index (χ3n) is 3.15. The van der Waals surface area contributed by atoms with E-state index in [2.05, 4.69) is 4.98 Å². The van der Waals surface area contributed by atoms with Crippen molar-refractivity contribution in [3.63, 3.8) is 0 Å². The van der Waals surface area contributed by atoms with Crippen molar-refractivity contribution < 1.29 is 9.18 Å². The van der Waals surface area contributed by atoms with Crippen LogP contribution in [0.1, 0.15) is 15.9 Å². The Hall–Kier alpha value is -2.33. The Morgan fingerprint density at radius 1 is 1.20 bits per heavy atom. The van der Waals surface area contributed by atoms with Gasteiger partial charge in [-0.1, -0.05) is 11.6 Å². The smallest absolute Gasteiger partial charge is 0.195 e. The van der Waals surface area contributed by atoms with E-state index in [0.717, 1.165) is 0 Å². The molecule has 0 saturated carbocycles. The number of nitrogens with two attached hydrogens (primary N) is 1. The van der Waals surface area contributed by atoms with E-state index in [0.29, 0.717) is 32.7 Å². The first-order chi connectivity index (χ1) is 9.56. The maximum atomic E-state index is 13.1. The first kappa shape index (κ1) is 12.7. The molecule has 0 radical (unpaired) electrons. The van der Waals surface area contributed by atoms with Gasteiger partial charge in [-0.05, 0) is 36.4 Å². The van der Waals surface area contributed by atoms with Gasteiger partial charge in [-0.15, -0.1) is 0 Å². The van der Waals surface area contributed by atoms with E-state index in [4.69, 9.17) is 17.3 Å². The minimum atomic E-state index is -0.353. The number of halogens is 2. The van der Waals surface area contributed by atoms with Crippen molar-refractivity contribution in [3.8, 4) is 0 Å².